The molecule has 2 unspecified atom stereocenters. The summed E-state index contributed by atoms with van der Waals surface area (Å²) in [5, 5.41) is 1.54. The van der Waals surface area contributed by atoms with Crippen LogP contribution in [0.1, 0.15) is 38.5 Å². The van der Waals surface area contributed by atoms with Gasteiger partial charge in [-0.2, -0.15) is 0 Å². The van der Waals surface area contributed by atoms with Crippen molar-refractivity contribution in [3.63, 3.8) is 0 Å². The molecule has 0 amide bonds. The van der Waals surface area contributed by atoms with Crippen LogP contribution < -0.4 is 5.30 Å². The molecule has 2 aliphatic carbocycles. The van der Waals surface area contributed by atoms with Gasteiger partial charge in [-0.05, 0) is 0 Å². The van der Waals surface area contributed by atoms with Crippen molar-refractivity contribution in [2.45, 2.75) is 49.8 Å². The van der Waals surface area contributed by atoms with Gasteiger partial charge >= 0.3 is 135 Å². The van der Waals surface area contributed by atoms with Crippen LogP contribution in [0.2, 0.25) is 0 Å². The van der Waals surface area contributed by atoms with Crippen LogP contribution in [0.25, 0.3) is 0 Å². The molecule has 118 valence electrons. The van der Waals surface area contributed by atoms with E-state index >= 15 is 0 Å². The average Bonchev–Trinajstić information content (AvgIpc) is 2.62. The third kappa shape index (κ3) is 3.01. The first kappa shape index (κ1) is 15.8. The van der Waals surface area contributed by atoms with Crippen LogP contribution >= 0.6 is 7.26 Å². The first-order valence-electron chi connectivity index (χ1n) is 8.57. The molecule has 2 heteroatoms. The van der Waals surface area contributed by atoms with Crippen molar-refractivity contribution < 1.29 is 4.74 Å². The molecule has 0 radical (unpaired) electrons. The second-order valence-corrected chi connectivity index (χ2v) is 11.0. The van der Waals surface area contributed by atoms with Crippen molar-refractivity contribution in [2.24, 2.45) is 0 Å². The number of ether oxygens (including phenoxy) is 1. The van der Waals surface area contributed by atoms with E-state index in [1.807, 2.05) is 7.11 Å². The van der Waals surface area contributed by atoms with Gasteiger partial charge in [-0.25, -0.2) is 0 Å². The number of hydrogen-bond donors (Lipinski definition) is 0. The molecule has 0 saturated heterocycles. The summed E-state index contributed by atoms with van der Waals surface area (Å²) in [4.78, 5) is 0. The summed E-state index contributed by atoms with van der Waals surface area (Å²) in [5.41, 5.74) is 1.21. The molecule has 0 aromatic heterocycles. The predicted molar refractivity (Wildman–Crippen MR) is 98.5 cm³/mol. The van der Waals surface area contributed by atoms with Gasteiger partial charge in [-0.15, -0.1) is 0 Å². The fourth-order valence-electron chi connectivity index (χ4n) is 4.24. The molecule has 22 heavy (non-hydrogen) atoms. The minimum absolute atomic E-state index is 0.538. The summed E-state index contributed by atoms with van der Waals surface area (Å²) in [6, 6.07) is 11.2. The van der Waals surface area contributed by atoms with E-state index in [4.69, 9.17) is 4.74 Å². The number of hydrogen-bond acceptors (Lipinski definition) is 1. The van der Waals surface area contributed by atoms with Crippen LogP contribution in [0.3, 0.4) is 0 Å². The van der Waals surface area contributed by atoms with Crippen LogP contribution in [0.5, 0.6) is 0 Å². The second kappa shape index (κ2) is 7.45. The van der Waals surface area contributed by atoms with E-state index in [1.54, 1.807) is 0 Å². The van der Waals surface area contributed by atoms with E-state index in [2.05, 4.69) is 54.3 Å². The minimum atomic E-state index is -1.85. The first-order valence-corrected chi connectivity index (χ1v) is 10.9. The number of benzene rings is 1. The molecule has 0 fully saturated rings. The Hall–Kier alpha value is -1.09. The quantitative estimate of drug-likeness (QED) is 0.446. The number of methoxy groups -OCH3 is 1. The Kier molecular flexibility index (Phi) is 5.35. The molecule has 1 nitrogen and oxygen atoms in total. The molecular formula is C20H27OP. The van der Waals surface area contributed by atoms with Crippen molar-refractivity contribution in [1.82, 2.24) is 0 Å². The van der Waals surface area contributed by atoms with Crippen LogP contribution in [0.4, 0.5) is 0 Å². The monoisotopic (exact) mass is 314 g/mol. The van der Waals surface area contributed by atoms with Crippen molar-refractivity contribution in [2.75, 3.05) is 13.5 Å². The predicted octanol–water partition coefficient (Wildman–Crippen LogP) is 4.33. The SMILES string of the molecule is COC[PH](c1ccccc1)(C1C#CCCC1)C1C=CCCC1. The third-order valence-electron chi connectivity index (χ3n) is 5.30. The molecule has 0 saturated carbocycles. The summed E-state index contributed by atoms with van der Waals surface area (Å²) in [6.45, 7) is 0. The van der Waals surface area contributed by atoms with Gasteiger partial charge in [0.1, 0.15) is 0 Å². The number of allylic oxidation sites excluding steroid dienone is 2. The van der Waals surface area contributed by atoms with Crippen LogP contribution in [-0.2, 0) is 4.74 Å². The van der Waals surface area contributed by atoms with E-state index < -0.39 is 7.26 Å². The standard InChI is InChI=1S/C20H27OP/c1-21-17-22(18-11-5-2-6-12-18,19-13-7-3-8-14-19)20-15-9-4-10-16-20/h2,5-7,11-13,19-20,22H,3-4,8-9,14-15,17H2,1H3. The third-order valence-corrected chi connectivity index (χ3v) is 11.0. The van der Waals surface area contributed by atoms with Crippen molar-refractivity contribution in [1.29, 1.82) is 0 Å². The summed E-state index contributed by atoms with van der Waals surface area (Å²) in [5.74, 6) is 7.05. The topological polar surface area (TPSA) is 9.23 Å². The van der Waals surface area contributed by atoms with Gasteiger partial charge in [-0.3, -0.25) is 0 Å². The maximum atomic E-state index is 5.83. The van der Waals surface area contributed by atoms with Gasteiger partial charge < -0.3 is 0 Å². The summed E-state index contributed by atoms with van der Waals surface area (Å²) >= 11 is 0. The molecule has 0 N–H and O–H groups in total. The Morgan fingerprint density at radius 1 is 1.18 bits per heavy atom. The fourth-order valence-corrected chi connectivity index (χ4v) is 9.74. The molecule has 0 bridgehead atoms. The molecule has 1 aromatic carbocycles. The Bertz CT molecular complexity index is 568. The molecule has 0 heterocycles. The summed E-state index contributed by atoms with van der Waals surface area (Å²) in [7, 11) is 0.0160. The normalized spacial score (nSPS) is 25.3. The Balaban J connectivity index is 2.10. The van der Waals surface area contributed by atoms with Gasteiger partial charge in [0.15, 0.2) is 0 Å². The van der Waals surface area contributed by atoms with Gasteiger partial charge in [0, 0.05) is 0 Å². The van der Waals surface area contributed by atoms with E-state index in [0.717, 1.165) is 12.8 Å². The molecule has 3 rings (SSSR count). The molecule has 2 atom stereocenters. The fraction of sp³-hybridized carbons (Fsp3) is 0.500. The van der Waals surface area contributed by atoms with Crippen LogP contribution in [0.15, 0.2) is 42.5 Å². The number of rotatable bonds is 5. The zero-order valence-electron chi connectivity index (χ0n) is 13.6. The van der Waals surface area contributed by atoms with E-state index in [1.165, 1.54) is 37.4 Å². The molecule has 0 aliphatic heterocycles. The molecule has 0 spiro atoms. The van der Waals surface area contributed by atoms with Crippen molar-refractivity contribution in [3.05, 3.63) is 42.5 Å². The Morgan fingerprint density at radius 2 is 2.05 bits per heavy atom. The molecule has 2 aliphatic rings. The van der Waals surface area contributed by atoms with E-state index in [0.29, 0.717) is 11.3 Å². The van der Waals surface area contributed by atoms with Crippen molar-refractivity contribution >= 4 is 12.6 Å². The van der Waals surface area contributed by atoms with Crippen LogP contribution in [0, 0.1) is 11.8 Å². The van der Waals surface area contributed by atoms with E-state index in [9.17, 15) is 0 Å². The Labute approximate surface area is 135 Å². The van der Waals surface area contributed by atoms with Crippen LogP contribution in [-0.4, -0.2) is 24.8 Å². The van der Waals surface area contributed by atoms with Crippen molar-refractivity contribution in [3.8, 4) is 11.8 Å². The van der Waals surface area contributed by atoms with Gasteiger partial charge in [0.25, 0.3) is 0 Å². The molecular weight excluding hydrogens is 287 g/mol. The van der Waals surface area contributed by atoms with Gasteiger partial charge in [0.2, 0.25) is 0 Å². The average molecular weight is 314 g/mol. The second-order valence-electron chi connectivity index (χ2n) is 6.57. The zero-order chi connectivity index (χ0) is 15.3. The zero-order valence-corrected chi connectivity index (χ0v) is 14.6. The molecule has 1 aromatic rings. The summed E-state index contributed by atoms with van der Waals surface area (Å²) < 4.78 is 5.83. The summed E-state index contributed by atoms with van der Waals surface area (Å²) in [6.07, 6.45) is 13.2. The first-order chi connectivity index (χ1) is 10.9. The van der Waals surface area contributed by atoms with Gasteiger partial charge in [0.05, 0.1) is 0 Å². The Morgan fingerprint density at radius 3 is 2.68 bits per heavy atom. The van der Waals surface area contributed by atoms with Gasteiger partial charge in [-0.1, -0.05) is 0 Å². The van der Waals surface area contributed by atoms with E-state index in [-0.39, 0.29) is 0 Å². The maximum absolute atomic E-state index is 5.83.